The second-order valence-corrected chi connectivity index (χ2v) is 9.03. The number of carboxylic acid groups (broad SMARTS) is 1. The molecule has 0 aliphatic carbocycles. The first kappa shape index (κ1) is 22.8. The molecule has 2 N–H and O–H groups in total. The molecule has 31 heavy (non-hydrogen) atoms. The summed E-state index contributed by atoms with van der Waals surface area (Å²) in [5, 5.41) is 9.94. The second-order valence-electron chi connectivity index (χ2n) is 6.83. The van der Waals surface area contributed by atoms with Crippen LogP contribution in [0.25, 0.3) is 0 Å². The summed E-state index contributed by atoms with van der Waals surface area (Å²) in [6.07, 6.45) is 0.979. The lowest BCUT2D eigenvalue weighted by Gasteiger charge is -2.10. The maximum absolute atomic E-state index is 12.5. The Morgan fingerprint density at radius 1 is 1.03 bits per heavy atom. The molecular formula is C23H24ClNO5S. The lowest BCUT2D eigenvalue weighted by molar-refractivity contribution is 0.0695. The zero-order valence-corrected chi connectivity index (χ0v) is 18.4. The van der Waals surface area contributed by atoms with E-state index in [9.17, 15) is 18.3 Å². The summed E-state index contributed by atoms with van der Waals surface area (Å²) in [7, 11) is -3.81. The van der Waals surface area contributed by atoms with Crippen molar-refractivity contribution in [2.45, 2.75) is 24.7 Å². The fourth-order valence-corrected chi connectivity index (χ4v) is 4.19. The molecule has 0 aromatic heterocycles. The molecule has 0 aliphatic rings. The Bertz CT molecular complexity index is 1170. The van der Waals surface area contributed by atoms with Gasteiger partial charge < -0.3 is 9.84 Å². The summed E-state index contributed by atoms with van der Waals surface area (Å²) in [6, 6.07) is 18.5. The van der Waals surface area contributed by atoms with Crippen LogP contribution < -0.4 is 9.46 Å². The van der Waals surface area contributed by atoms with E-state index in [1.807, 2.05) is 19.1 Å². The maximum atomic E-state index is 12.5. The standard InChI is InChI=1S/C23H22ClNO5S.H2/c1-2-17-5-12-21(15-22(17)23(26)27)31(28,29)25-14-13-16-3-8-19(9-4-16)30-20-10-6-18(24)7-11-20;/h3-12,15,25H,2,13-14H2,1H3,(H,26,27);1H. The van der Waals surface area contributed by atoms with Crippen LogP contribution in [0.4, 0.5) is 0 Å². The number of benzene rings is 3. The van der Waals surface area contributed by atoms with Gasteiger partial charge >= 0.3 is 5.97 Å². The van der Waals surface area contributed by atoms with E-state index in [4.69, 9.17) is 16.3 Å². The molecule has 0 radical (unpaired) electrons. The number of carboxylic acids is 1. The third-order valence-corrected chi connectivity index (χ3v) is 6.39. The molecule has 0 amide bonds. The van der Waals surface area contributed by atoms with Crippen LogP contribution in [-0.2, 0) is 22.9 Å². The van der Waals surface area contributed by atoms with E-state index in [1.54, 1.807) is 36.4 Å². The van der Waals surface area contributed by atoms with Gasteiger partial charge in [-0.1, -0.05) is 36.7 Å². The van der Waals surface area contributed by atoms with Gasteiger partial charge in [0.15, 0.2) is 0 Å². The van der Waals surface area contributed by atoms with Gasteiger partial charge in [-0.25, -0.2) is 17.9 Å². The van der Waals surface area contributed by atoms with E-state index < -0.39 is 16.0 Å². The average molecular weight is 462 g/mol. The van der Waals surface area contributed by atoms with Crippen LogP contribution in [-0.4, -0.2) is 26.0 Å². The van der Waals surface area contributed by atoms with Gasteiger partial charge in [0.2, 0.25) is 10.0 Å². The largest absolute Gasteiger partial charge is 0.478 e. The van der Waals surface area contributed by atoms with Crippen LogP contribution in [0.2, 0.25) is 5.02 Å². The number of ether oxygens (including phenoxy) is 1. The number of aryl methyl sites for hydroxylation is 1. The van der Waals surface area contributed by atoms with Gasteiger partial charge in [-0.2, -0.15) is 0 Å². The molecule has 8 heteroatoms. The van der Waals surface area contributed by atoms with Gasteiger partial charge in [0.1, 0.15) is 11.5 Å². The highest BCUT2D eigenvalue weighted by Gasteiger charge is 2.18. The molecule has 3 rings (SSSR count). The van der Waals surface area contributed by atoms with Crippen LogP contribution in [0.1, 0.15) is 29.8 Å². The molecule has 0 aliphatic heterocycles. The van der Waals surface area contributed by atoms with Crippen LogP contribution in [0.5, 0.6) is 11.5 Å². The maximum Gasteiger partial charge on any atom is 0.336 e. The Morgan fingerprint density at radius 2 is 1.65 bits per heavy atom. The van der Waals surface area contributed by atoms with Crippen molar-refractivity contribution >= 4 is 27.6 Å². The third-order valence-electron chi connectivity index (χ3n) is 4.68. The molecule has 0 unspecified atom stereocenters. The molecule has 0 saturated heterocycles. The van der Waals surface area contributed by atoms with E-state index >= 15 is 0 Å². The summed E-state index contributed by atoms with van der Waals surface area (Å²) in [4.78, 5) is 11.3. The molecule has 3 aromatic rings. The predicted molar refractivity (Wildman–Crippen MR) is 122 cm³/mol. The lowest BCUT2D eigenvalue weighted by atomic mass is 10.1. The smallest absolute Gasteiger partial charge is 0.336 e. The minimum atomic E-state index is -3.81. The normalized spacial score (nSPS) is 11.3. The topological polar surface area (TPSA) is 92.7 Å². The van der Waals surface area contributed by atoms with Crippen molar-refractivity contribution in [3.8, 4) is 11.5 Å². The second kappa shape index (κ2) is 9.96. The number of nitrogens with one attached hydrogen (secondary N) is 1. The van der Waals surface area contributed by atoms with E-state index in [2.05, 4.69) is 4.72 Å². The highest BCUT2D eigenvalue weighted by atomic mass is 35.5. The van der Waals surface area contributed by atoms with Crippen LogP contribution in [0, 0.1) is 0 Å². The van der Waals surface area contributed by atoms with E-state index in [-0.39, 0.29) is 18.4 Å². The summed E-state index contributed by atoms with van der Waals surface area (Å²) in [5.41, 5.74) is 1.52. The zero-order chi connectivity index (χ0) is 22.4. The van der Waals surface area contributed by atoms with Crippen molar-refractivity contribution < 1.29 is 24.5 Å². The van der Waals surface area contributed by atoms with Crippen molar-refractivity contribution in [1.82, 2.24) is 4.72 Å². The SMILES string of the molecule is CCc1ccc(S(=O)(=O)NCCc2ccc(Oc3ccc(Cl)cc3)cc2)cc1C(=O)O.[HH]. The van der Waals surface area contributed by atoms with Crippen LogP contribution in [0.15, 0.2) is 71.6 Å². The van der Waals surface area contributed by atoms with Gasteiger partial charge in [0.05, 0.1) is 10.5 Å². The minimum Gasteiger partial charge on any atom is -0.478 e. The van der Waals surface area contributed by atoms with Gasteiger partial charge in [-0.15, -0.1) is 0 Å². The predicted octanol–water partition coefficient (Wildman–Crippen LogP) is 5.16. The molecule has 0 saturated carbocycles. The Labute approximate surface area is 188 Å². The summed E-state index contributed by atoms with van der Waals surface area (Å²) >= 11 is 5.86. The summed E-state index contributed by atoms with van der Waals surface area (Å²) in [6.45, 7) is 2.00. The Balaban J connectivity index is 0.00000363. The molecule has 3 aromatic carbocycles. The summed E-state index contributed by atoms with van der Waals surface area (Å²) < 4.78 is 33.3. The summed E-state index contributed by atoms with van der Waals surface area (Å²) in [5.74, 6) is 0.179. The Morgan fingerprint density at radius 3 is 2.23 bits per heavy atom. The van der Waals surface area contributed by atoms with E-state index in [0.717, 1.165) is 5.56 Å². The van der Waals surface area contributed by atoms with Crippen LogP contribution in [0.3, 0.4) is 0 Å². The monoisotopic (exact) mass is 461 g/mol. The van der Waals surface area contributed by atoms with Gasteiger partial charge in [0, 0.05) is 13.0 Å². The highest BCUT2D eigenvalue weighted by Crippen LogP contribution is 2.23. The molecule has 6 nitrogen and oxygen atoms in total. The molecule has 0 fully saturated rings. The first-order chi connectivity index (χ1) is 14.8. The number of sulfonamides is 1. The van der Waals surface area contributed by atoms with Crippen molar-refractivity contribution in [3.05, 3.63) is 88.4 Å². The van der Waals surface area contributed by atoms with Crippen molar-refractivity contribution in [2.24, 2.45) is 0 Å². The number of aromatic carboxylic acids is 1. The fourth-order valence-electron chi connectivity index (χ4n) is 3.01. The van der Waals surface area contributed by atoms with Crippen molar-refractivity contribution in [2.75, 3.05) is 6.54 Å². The number of hydrogen-bond acceptors (Lipinski definition) is 4. The van der Waals surface area contributed by atoms with Gasteiger partial charge in [-0.05, 0) is 72.5 Å². The molecular weight excluding hydrogens is 438 g/mol. The average Bonchev–Trinajstić information content (AvgIpc) is 2.76. The third kappa shape index (κ3) is 6.07. The first-order valence-electron chi connectivity index (χ1n) is 9.67. The molecule has 164 valence electrons. The molecule has 0 heterocycles. The van der Waals surface area contributed by atoms with E-state index in [1.165, 1.54) is 18.2 Å². The Kier molecular flexibility index (Phi) is 7.33. The van der Waals surface area contributed by atoms with E-state index in [0.29, 0.717) is 34.9 Å². The number of rotatable bonds is 9. The number of hydrogen-bond donors (Lipinski definition) is 2. The molecule has 0 spiro atoms. The minimum absolute atomic E-state index is 0. The lowest BCUT2D eigenvalue weighted by Crippen LogP contribution is -2.26. The Hall–Kier alpha value is -2.87. The highest BCUT2D eigenvalue weighted by molar-refractivity contribution is 7.89. The molecule has 0 atom stereocenters. The van der Waals surface area contributed by atoms with Crippen LogP contribution >= 0.6 is 11.6 Å². The fraction of sp³-hybridized carbons (Fsp3) is 0.174. The quantitative estimate of drug-likeness (QED) is 0.459. The first-order valence-corrected chi connectivity index (χ1v) is 11.5. The van der Waals surface area contributed by atoms with Gasteiger partial charge in [-0.3, -0.25) is 0 Å². The molecule has 0 bridgehead atoms. The van der Waals surface area contributed by atoms with Gasteiger partial charge in [0.25, 0.3) is 0 Å². The zero-order valence-electron chi connectivity index (χ0n) is 16.8. The number of halogens is 1. The van der Waals surface area contributed by atoms with Crippen molar-refractivity contribution in [1.29, 1.82) is 0 Å². The van der Waals surface area contributed by atoms with Crippen molar-refractivity contribution in [3.63, 3.8) is 0 Å². The number of carbonyl (C=O) groups is 1.